The summed E-state index contributed by atoms with van der Waals surface area (Å²) < 4.78 is 0. The quantitative estimate of drug-likeness (QED) is 0.169. The van der Waals surface area contributed by atoms with Gasteiger partial charge in [0.15, 0.2) is 17.5 Å². The SMILES string of the molecule is C=Nc1ccccc1N1Cc2ccc3cccnc3c2-c2cc(-c3ccc(-c4nc(C5=CCCC=C5)nc(-c5ccccc5)n4)cc3)ccc21. The Morgan fingerprint density at radius 2 is 1.36 bits per heavy atom. The third-order valence-electron chi connectivity index (χ3n) is 9.49. The summed E-state index contributed by atoms with van der Waals surface area (Å²) in [6, 6.07) is 42.0. The maximum atomic E-state index is 4.95. The molecule has 0 N–H and O–H groups in total. The van der Waals surface area contributed by atoms with Crippen LogP contribution in [-0.4, -0.2) is 26.7 Å². The van der Waals surface area contributed by atoms with E-state index in [0.717, 1.165) is 74.2 Å². The first-order chi connectivity index (χ1) is 24.7. The summed E-state index contributed by atoms with van der Waals surface area (Å²) in [7, 11) is 0. The van der Waals surface area contributed by atoms with Crippen LogP contribution < -0.4 is 4.90 Å². The molecule has 0 atom stereocenters. The Morgan fingerprint density at radius 3 is 2.16 bits per heavy atom. The normalized spacial score (nSPS) is 13.4. The van der Waals surface area contributed by atoms with Gasteiger partial charge >= 0.3 is 0 Å². The van der Waals surface area contributed by atoms with Gasteiger partial charge in [0, 0.05) is 51.6 Å². The third kappa shape index (κ3) is 5.28. The summed E-state index contributed by atoms with van der Waals surface area (Å²) in [5.41, 5.74) is 12.7. The molecule has 3 heterocycles. The van der Waals surface area contributed by atoms with E-state index in [4.69, 9.17) is 19.9 Å². The second kappa shape index (κ2) is 12.5. The van der Waals surface area contributed by atoms with Crippen molar-refractivity contribution >= 4 is 40.3 Å². The van der Waals surface area contributed by atoms with E-state index in [2.05, 4.69) is 108 Å². The molecule has 0 spiro atoms. The fourth-order valence-electron chi connectivity index (χ4n) is 7.01. The Labute approximate surface area is 290 Å². The van der Waals surface area contributed by atoms with Gasteiger partial charge in [-0.2, -0.15) is 0 Å². The van der Waals surface area contributed by atoms with Crippen LogP contribution in [0.2, 0.25) is 0 Å². The van der Waals surface area contributed by atoms with Gasteiger partial charge in [0.05, 0.1) is 16.9 Å². The zero-order valence-electron chi connectivity index (χ0n) is 27.4. The van der Waals surface area contributed by atoms with E-state index in [-0.39, 0.29) is 0 Å². The summed E-state index contributed by atoms with van der Waals surface area (Å²) in [5.74, 6) is 2.02. The van der Waals surface area contributed by atoms with E-state index in [9.17, 15) is 0 Å². The number of fused-ring (bicyclic) bond motifs is 5. The number of aromatic nitrogens is 4. The van der Waals surface area contributed by atoms with Crippen LogP contribution in [0.25, 0.3) is 61.5 Å². The molecule has 238 valence electrons. The molecule has 2 aliphatic rings. The molecule has 0 bridgehead atoms. The fourth-order valence-corrected chi connectivity index (χ4v) is 7.01. The molecular weight excluding hydrogens is 613 g/mol. The maximum Gasteiger partial charge on any atom is 0.164 e. The standard InChI is InChI=1S/C44H32N6/c1-45-37-16-8-9-17-39(37)50-28-35-23-20-30-15-10-26-46-41(30)40(35)36-27-34(24-25-38(36)50)29-18-21-33(22-19-29)44-48-42(31-11-4-2-5-12-31)47-43(49-44)32-13-6-3-7-14-32/h2,4-6,8-27H,1,3,7,28H2. The van der Waals surface area contributed by atoms with Crippen molar-refractivity contribution in [2.75, 3.05) is 4.90 Å². The van der Waals surface area contributed by atoms with Crippen molar-refractivity contribution in [2.45, 2.75) is 19.4 Å². The smallest absolute Gasteiger partial charge is 0.164 e. The van der Waals surface area contributed by atoms with Gasteiger partial charge in [-0.1, -0.05) is 109 Å². The summed E-state index contributed by atoms with van der Waals surface area (Å²) in [6.07, 6.45) is 10.4. The monoisotopic (exact) mass is 644 g/mol. The lowest BCUT2D eigenvalue weighted by Gasteiger charge is -2.34. The van der Waals surface area contributed by atoms with Gasteiger partial charge in [0.25, 0.3) is 0 Å². The zero-order chi connectivity index (χ0) is 33.4. The fraction of sp³-hybridized carbons (Fsp3) is 0.0682. The number of allylic oxidation sites excluding steroid dienone is 4. The van der Waals surface area contributed by atoms with E-state index in [0.29, 0.717) is 24.0 Å². The lowest BCUT2D eigenvalue weighted by Crippen LogP contribution is -2.22. The maximum absolute atomic E-state index is 4.95. The number of rotatable bonds is 6. The Bertz CT molecular complexity index is 2480. The molecule has 0 saturated carbocycles. The molecule has 0 saturated heterocycles. The Kier molecular flexibility index (Phi) is 7.39. The minimum atomic E-state index is 0.655. The van der Waals surface area contributed by atoms with E-state index >= 15 is 0 Å². The van der Waals surface area contributed by atoms with Gasteiger partial charge in [-0.25, -0.2) is 15.0 Å². The Morgan fingerprint density at radius 1 is 0.620 bits per heavy atom. The molecule has 2 aromatic heterocycles. The lowest BCUT2D eigenvalue weighted by molar-refractivity contribution is 0.963. The van der Waals surface area contributed by atoms with Crippen molar-refractivity contribution in [3.05, 3.63) is 157 Å². The molecule has 0 amide bonds. The number of benzene rings is 5. The lowest BCUT2D eigenvalue weighted by atomic mass is 9.88. The molecular formula is C44H32N6. The Balaban J connectivity index is 1.14. The molecule has 50 heavy (non-hydrogen) atoms. The molecule has 9 rings (SSSR count). The molecule has 7 aromatic rings. The van der Waals surface area contributed by atoms with Crippen LogP contribution in [0.15, 0.2) is 151 Å². The largest absolute Gasteiger partial charge is 0.335 e. The predicted molar refractivity (Wildman–Crippen MR) is 205 cm³/mol. The van der Waals surface area contributed by atoms with Crippen LogP contribution in [0.1, 0.15) is 24.2 Å². The van der Waals surface area contributed by atoms with Crippen molar-refractivity contribution < 1.29 is 0 Å². The van der Waals surface area contributed by atoms with Crippen LogP contribution in [-0.2, 0) is 6.54 Å². The van der Waals surface area contributed by atoms with Crippen molar-refractivity contribution in [1.29, 1.82) is 0 Å². The van der Waals surface area contributed by atoms with Crippen LogP contribution in [0.5, 0.6) is 0 Å². The van der Waals surface area contributed by atoms with Gasteiger partial charge in [-0.15, -0.1) is 0 Å². The molecule has 1 aliphatic heterocycles. The summed E-state index contributed by atoms with van der Waals surface area (Å²) >= 11 is 0. The molecule has 0 radical (unpaired) electrons. The minimum absolute atomic E-state index is 0.655. The summed E-state index contributed by atoms with van der Waals surface area (Å²) in [4.78, 5) is 26.3. The highest BCUT2D eigenvalue weighted by Crippen LogP contribution is 2.48. The minimum Gasteiger partial charge on any atom is -0.335 e. The van der Waals surface area contributed by atoms with E-state index in [1.807, 2.05) is 54.7 Å². The Hall–Kier alpha value is -6.53. The van der Waals surface area contributed by atoms with Crippen LogP contribution in [0.4, 0.5) is 17.1 Å². The van der Waals surface area contributed by atoms with Gasteiger partial charge < -0.3 is 4.90 Å². The average molecular weight is 645 g/mol. The molecule has 5 aromatic carbocycles. The second-order valence-electron chi connectivity index (χ2n) is 12.5. The molecule has 0 fully saturated rings. The molecule has 0 unspecified atom stereocenters. The number of para-hydroxylation sites is 2. The number of aliphatic imine (C=N–C) groups is 1. The van der Waals surface area contributed by atoms with Crippen LogP contribution in [0, 0.1) is 0 Å². The van der Waals surface area contributed by atoms with Crippen LogP contribution in [0.3, 0.4) is 0 Å². The predicted octanol–water partition coefficient (Wildman–Crippen LogP) is 10.8. The molecule has 1 aliphatic carbocycles. The first-order valence-corrected chi connectivity index (χ1v) is 16.9. The first kappa shape index (κ1) is 29.6. The second-order valence-corrected chi connectivity index (χ2v) is 12.5. The summed E-state index contributed by atoms with van der Waals surface area (Å²) in [5, 5.41) is 1.12. The number of hydrogen-bond donors (Lipinski definition) is 0. The van der Waals surface area contributed by atoms with E-state index in [1.54, 1.807) is 0 Å². The topological polar surface area (TPSA) is 67.2 Å². The van der Waals surface area contributed by atoms with Gasteiger partial charge in [0.1, 0.15) is 0 Å². The van der Waals surface area contributed by atoms with E-state index < -0.39 is 0 Å². The number of nitrogens with zero attached hydrogens (tertiary/aromatic N) is 6. The van der Waals surface area contributed by atoms with E-state index in [1.165, 1.54) is 11.1 Å². The summed E-state index contributed by atoms with van der Waals surface area (Å²) in [6.45, 7) is 4.56. The molecule has 6 heteroatoms. The van der Waals surface area contributed by atoms with Gasteiger partial charge in [-0.05, 0) is 66.6 Å². The van der Waals surface area contributed by atoms with Crippen molar-refractivity contribution in [2.24, 2.45) is 4.99 Å². The van der Waals surface area contributed by atoms with Gasteiger partial charge in [0.2, 0.25) is 0 Å². The number of anilines is 2. The van der Waals surface area contributed by atoms with Crippen LogP contribution >= 0.6 is 0 Å². The average Bonchev–Trinajstić information content (AvgIpc) is 3.20. The van der Waals surface area contributed by atoms with Crippen molar-refractivity contribution in [3.63, 3.8) is 0 Å². The van der Waals surface area contributed by atoms with Crippen molar-refractivity contribution in [1.82, 2.24) is 19.9 Å². The highest BCUT2D eigenvalue weighted by Gasteiger charge is 2.27. The molecule has 6 nitrogen and oxygen atoms in total. The number of pyridine rings is 1. The number of hydrogen-bond acceptors (Lipinski definition) is 6. The van der Waals surface area contributed by atoms with Gasteiger partial charge in [-0.3, -0.25) is 9.98 Å². The van der Waals surface area contributed by atoms with Crippen molar-refractivity contribution in [3.8, 4) is 45.0 Å². The zero-order valence-corrected chi connectivity index (χ0v) is 27.4. The first-order valence-electron chi connectivity index (χ1n) is 16.9. The highest BCUT2D eigenvalue weighted by molar-refractivity contribution is 6.03. The third-order valence-corrected chi connectivity index (χ3v) is 9.49. The highest BCUT2D eigenvalue weighted by atomic mass is 15.2.